The third-order valence-electron chi connectivity index (χ3n) is 3.19. The number of nitrogens with one attached hydrogen (secondary N) is 2. The second kappa shape index (κ2) is 7.95. The third-order valence-corrected chi connectivity index (χ3v) is 3.19. The van der Waals surface area contributed by atoms with Gasteiger partial charge in [0.05, 0.1) is 18.5 Å². The highest BCUT2D eigenvalue weighted by atomic mass is 16.5. The lowest BCUT2D eigenvalue weighted by Gasteiger charge is -2.14. The monoisotopic (exact) mass is 293 g/mol. The Morgan fingerprint density at radius 1 is 1.48 bits per heavy atom. The predicted molar refractivity (Wildman–Crippen MR) is 79.1 cm³/mol. The predicted octanol–water partition coefficient (Wildman–Crippen LogP) is 0.863. The van der Waals surface area contributed by atoms with Gasteiger partial charge in [0.25, 0.3) is 5.91 Å². The Morgan fingerprint density at radius 2 is 2.29 bits per heavy atom. The first-order chi connectivity index (χ1) is 10.2. The lowest BCUT2D eigenvalue weighted by molar-refractivity contribution is -0.127. The molecule has 1 fully saturated rings. The van der Waals surface area contributed by atoms with E-state index in [1.54, 1.807) is 20.2 Å². The topological polar surface area (TPSA) is 72.5 Å². The van der Waals surface area contributed by atoms with Gasteiger partial charge in [0, 0.05) is 26.2 Å². The second-order valence-corrected chi connectivity index (χ2v) is 5.20. The van der Waals surface area contributed by atoms with Crippen LogP contribution in [0.2, 0.25) is 0 Å². The van der Waals surface area contributed by atoms with Crippen LogP contribution in [-0.4, -0.2) is 43.3 Å². The average Bonchev–Trinajstić information content (AvgIpc) is 3.29. The SMILES string of the molecule is COCCNCc1ccc(OC(C)C(=O)NC2CC2)cn1. The van der Waals surface area contributed by atoms with Crippen molar-refractivity contribution in [3.05, 3.63) is 24.0 Å². The van der Waals surface area contributed by atoms with Gasteiger partial charge in [0.1, 0.15) is 5.75 Å². The van der Waals surface area contributed by atoms with Crippen molar-refractivity contribution >= 4 is 5.91 Å². The summed E-state index contributed by atoms with van der Waals surface area (Å²) >= 11 is 0. The number of methoxy groups -OCH3 is 1. The summed E-state index contributed by atoms with van der Waals surface area (Å²) < 4.78 is 10.5. The standard InChI is InChI=1S/C15H23N3O3/c1-11(15(19)18-12-3-4-12)21-14-6-5-13(17-10-14)9-16-7-8-20-2/h5-6,10-12,16H,3-4,7-9H2,1-2H3,(H,18,19). The van der Waals surface area contributed by atoms with Crippen LogP contribution in [0.25, 0.3) is 0 Å². The Hall–Kier alpha value is -1.66. The Morgan fingerprint density at radius 3 is 2.90 bits per heavy atom. The summed E-state index contributed by atoms with van der Waals surface area (Å²) in [6.45, 7) is 3.89. The molecule has 21 heavy (non-hydrogen) atoms. The molecule has 1 atom stereocenters. The van der Waals surface area contributed by atoms with E-state index in [0.29, 0.717) is 24.9 Å². The Kier molecular flexibility index (Phi) is 5.95. The van der Waals surface area contributed by atoms with E-state index in [2.05, 4.69) is 15.6 Å². The minimum absolute atomic E-state index is 0.0668. The molecule has 1 heterocycles. The number of amides is 1. The van der Waals surface area contributed by atoms with Gasteiger partial charge >= 0.3 is 0 Å². The van der Waals surface area contributed by atoms with E-state index in [1.807, 2.05) is 12.1 Å². The van der Waals surface area contributed by atoms with E-state index in [1.165, 1.54) is 0 Å². The first kappa shape index (κ1) is 15.7. The summed E-state index contributed by atoms with van der Waals surface area (Å²) in [5, 5.41) is 6.14. The van der Waals surface area contributed by atoms with Gasteiger partial charge < -0.3 is 20.1 Å². The van der Waals surface area contributed by atoms with Crippen LogP contribution in [0.3, 0.4) is 0 Å². The first-order valence-electron chi connectivity index (χ1n) is 7.30. The molecule has 2 rings (SSSR count). The smallest absolute Gasteiger partial charge is 0.260 e. The van der Waals surface area contributed by atoms with Crippen molar-refractivity contribution in [2.45, 2.75) is 38.5 Å². The molecule has 1 aromatic heterocycles. The molecule has 1 saturated carbocycles. The number of hydrogen-bond acceptors (Lipinski definition) is 5. The second-order valence-electron chi connectivity index (χ2n) is 5.20. The lowest BCUT2D eigenvalue weighted by atomic mass is 10.3. The molecule has 2 N–H and O–H groups in total. The first-order valence-corrected chi connectivity index (χ1v) is 7.30. The van der Waals surface area contributed by atoms with Crippen LogP contribution in [0, 0.1) is 0 Å². The number of carbonyl (C=O) groups excluding carboxylic acids is 1. The van der Waals surface area contributed by atoms with Gasteiger partial charge in [-0.3, -0.25) is 9.78 Å². The number of aromatic nitrogens is 1. The highest BCUT2D eigenvalue weighted by Crippen LogP contribution is 2.19. The molecule has 0 radical (unpaired) electrons. The minimum atomic E-state index is -0.502. The van der Waals surface area contributed by atoms with Crippen molar-refractivity contribution < 1.29 is 14.3 Å². The fourth-order valence-corrected chi connectivity index (χ4v) is 1.78. The molecule has 0 spiro atoms. The third kappa shape index (κ3) is 5.69. The van der Waals surface area contributed by atoms with Crippen molar-refractivity contribution in [1.29, 1.82) is 0 Å². The summed E-state index contributed by atoms with van der Waals surface area (Å²) in [5.41, 5.74) is 0.925. The van der Waals surface area contributed by atoms with Crippen molar-refractivity contribution in [2.24, 2.45) is 0 Å². The largest absolute Gasteiger partial charge is 0.479 e. The number of rotatable bonds is 9. The van der Waals surface area contributed by atoms with Gasteiger partial charge in [-0.2, -0.15) is 0 Å². The van der Waals surface area contributed by atoms with Crippen molar-refractivity contribution in [2.75, 3.05) is 20.3 Å². The summed E-state index contributed by atoms with van der Waals surface area (Å²) in [6, 6.07) is 4.07. The molecule has 1 aromatic rings. The van der Waals surface area contributed by atoms with Crippen LogP contribution >= 0.6 is 0 Å². The molecule has 0 aromatic carbocycles. The van der Waals surface area contributed by atoms with Crippen LogP contribution in [0.4, 0.5) is 0 Å². The van der Waals surface area contributed by atoms with E-state index >= 15 is 0 Å². The molecule has 0 aliphatic heterocycles. The van der Waals surface area contributed by atoms with E-state index in [-0.39, 0.29) is 5.91 Å². The molecular formula is C15H23N3O3. The summed E-state index contributed by atoms with van der Waals surface area (Å²) in [6.07, 6.45) is 3.29. The highest BCUT2D eigenvalue weighted by Gasteiger charge is 2.26. The molecule has 6 nitrogen and oxygen atoms in total. The highest BCUT2D eigenvalue weighted by molar-refractivity contribution is 5.81. The molecule has 1 aliphatic rings. The Labute approximate surface area is 125 Å². The van der Waals surface area contributed by atoms with Crippen molar-refractivity contribution in [3.8, 4) is 5.75 Å². The van der Waals surface area contributed by atoms with Gasteiger partial charge in [-0.05, 0) is 31.9 Å². The van der Waals surface area contributed by atoms with Crippen molar-refractivity contribution in [3.63, 3.8) is 0 Å². The van der Waals surface area contributed by atoms with Gasteiger partial charge in [-0.15, -0.1) is 0 Å². The molecule has 116 valence electrons. The molecule has 0 saturated heterocycles. The summed E-state index contributed by atoms with van der Waals surface area (Å²) in [7, 11) is 1.67. The van der Waals surface area contributed by atoms with E-state index in [0.717, 1.165) is 25.1 Å². The molecular weight excluding hydrogens is 270 g/mol. The zero-order chi connectivity index (χ0) is 15.1. The number of hydrogen-bond donors (Lipinski definition) is 2. The van der Waals surface area contributed by atoms with E-state index in [4.69, 9.17) is 9.47 Å². The van der Waals surface area contributed by atoms with Crippen LogP contribution in [0.5, 0.6) is 5.75 Å². The van der Waals surface area contributed by atoms with Gasteiger partial charge in [0.15, 0.2) is 6.10 Å². The molecule has 1 unspecified atom stereocenters. The Balaban J connectivity index is 1.74. The van der Waals surface area contributed by atoms with E-state index < -0.39 is 6.10 Å². The van der Waals surface area contributed by atoms with Gasteiger partial charge in [-0.1, -0.05) is 0 Å². The zero-order valence-corrected chi connectivity index (χ0v) is 12.6. The van der Waals surface area contributed by atoms with Crippen LogP contribution in [-0.2, 0) is 16.1 Å². The van der Waals surface area contributed by atoms with Crippen LogP contribution < -0.4 is 15.4 Å². The minimum Gasteiger partial charge on any atom is -0.479 e. The maximum atomic E-state index is 11.8. The normalized spacial score (nSPS) is 15.5. The fraction of sp³-hybridized carbons (Fsp3) is 0.600. The summed E-state index contributed by atoms with van der Waals surface area (Å²) in [4.78, 5) is 16.1. The zero-order valence-electron chi connectivity index (χ0n) is 12.6. The van der Waals surface area contributed by atoms with Gasteiger partial charge in [0.2, 0.25) is 0 Å². The average molecular weight is 293 g/mol. The summed E-state index contributed by atoms with van der Waals surface area (Å²) in [5.74, 6) is 0.539. The maximum Gasteiger partial charge on any atom is 0.260 e. The molecule has 0 bridgehead atoms. The number of ether oxygens (including phenoxy) is 2. The number of nitrogens with zero attached hydrogens (tertiary/aromatic N) is 1. The van der Waals surface area contributed by atoms with Gasteiger partial charge in [-0.25, -0.2) is 0 Å². The van der Waals surface area contributed by atoms with Crippen molar-refractivity contribution in [1.82, 2.24) is 15.6 Å². The van der Waals surface area contributed by atoms with Crippen LogP contribution in [0.15, 0.2) is 18.3 Å². The van der Waals surface area contributed by atoms with Crippen LogP contribution in [0.1, 0.15) is 25.5 Å². The quantitative estimate of drug-likeness (QED) is 0.661. The fourth-order valence-electron chi connectivity index (χ4n) is 1.78. The molecule has 1 amide bonds. The number of carbonyl (C=O) groups is 1. The Bertz CT molecular complexity index is 446. The van der Waals surface area contributed by atoms with E-state index in [9.17, 15) is 4.79 Å². The lowest BCUT2D eigenvalue weighted by Crippen LogP contribution is -2.37. The molecule has 1 aliphatic carbocycles. The maximum absolute atomic E-state index is 11.8. The molecule has 6 heteroatoms. The number of pyridine rings is 1.